The van der Waals surface area contributed by atoms with Gasteiger partial charge in [-0.2, -0.15) is 5.10 Å². The number of likely N-dealkylation sites (N-methyl/N-ethyl adjacent to an activating group) is 1. The van der Waals surface area contributed by atoms with Crippen molar-refractivity contribution in [3.05, 3.63) is 17.5 Å². The van der Waals surface area contributed by atoms with E-state index in [1.54, 1.807) is 19.0 Å². The molecule has 1 amide bonds. The molecule has 0 atom stereocenters. The highest BCUT2D eigenvalue weighted by Gasteiger charge is 2.17. The standard InChI is InChI=1S/C12H20N4O3/c1-4-5-13-11(17)8-15(2)7-10-9(12(18)19)6-14-16(10)3/h6H,4-5,7-8H2,1-3H3,(H,13,17)(H,18,19). The maximum atomic E-state index is 11.6. The maximum Gasteiger partial charge on any atom is 0.339 e. The van der Waals surface area contributed by atoms with Crippen LogP contribution in [0.5, 0.6) is 0 Å². The fraction of sp³-hybridized carbons (Fsp3) is 0.583. The third kappa shape index (κ3) is 4.36. The molecule has 0 spiro atoms. The number of rotatable bonds is 7. The number of aryl methyl sites for hydroxylation is 1. The van der Waals surface area contributed by atoms with E-state index in [1.807, 2.05) is 6.92 Å². The Morgan fingerprint density at radius 1 is 1.53 bits per heavy atom. The van der Waals surface area contributed by atoms with E-state index in [-0.39, 0.29) is 18.0 Å². The van der Waals surface area contributed by atoms with Crippen molar-refractivity contribution in [2.75, 3.05) is 20.1 Å². The molecule has 0 radical (unpaired) electrons. The largest absolute Gasteiger partial charge is 0.478 e. The third-order valence-electron chi connectivity index (χ3n) is 2.70. The maximum absolute atomic E-state index is 11.6. The van der Waals surface area contributed by atoms with Gasteiger partial charge in [0.05, 0.1) is 18.4 Å². The third-order valence-corrected chi connectivity index (χ3v) is 2.70. The average Bonchev–Trinajstić information content (AvgIpc) is 2.68. The number of carboxylic acid groups (broad SMARTS) is 1. The predicted molar refractivity (Wildman–Crippen MR) is 69.8 cm³/mol. The quantitative estimate of drug-likeness (QED) is 0.731. The Kier molecular flexibility index (Phi) is 5.50. The van der Waals surface area contributed by atoms with Crippen molar-refractivity contribution in [3.8, 4) is 0 Å². The number of amides is 1. The first-order valence-electron chi connectivity index (χ1n) is 6.15. The van der Waals surface area contributed by atoms with Gasteiger partial charge in [0.15, 0.2) is 0 Å². The zero-order valence-corrected chi connectivity index (χ0v) is 11.5. The number of nitrogens with zero attached hydrogens (tertiary/aromatic N) is 3. The lowest BCUT2D eigenvalue weighted by Crippen LogP contribution is -2.35. The van der Waals surface area contributed by atoms with Gasteiger partial charge in [-0.3, -0.25) is 14.4 Å². The molecule has 106 valence electrons. The first-order chi connectivity index (χ1) is 8.95. The molecule has 7 heteroatoms. The minimum atomic E-state index is -1.01. The normalized spacial score (nSPS) is 10.7. The molecule has 0 aliphatic rings. The zero-order valence-electron chi connectivity index (χ0n) is 11.5. The van der Waals surface area contributed by atoms with Crippen molar-refractivity contribution in [1.82, 2.24) is 20.0 Å². The first kappa shape index (κ1) is 15.2. The highest BCUT2D eigenvalue weighted by molar-refractivity contribution is 5.88. The summed E-state index contributed by atoms with van der Waals surface area (Å²) in [5, 5.41) is 15.7. The molecule has 0 saturated carbocycles. The van der Waals surface area contributed by atoms with Gasteiger partial charge in [0.2, 0.25) is 5.91 Å². The molecular weight excluding hydrogens is 248 g/mol. The van der Waals surface area contributed by atoms with E-state index in [0.29, 0.717) is 18.8 Å². The van der Waals surface area contributed by atoms with Crippen molar-refractivity contribution in [1.29, 1.82) is 0 Å². The minimum Gasteiger partial charge on any atom is -0.478 e. The van der Waals surface area contributed by atoms with E-state index in [4.69, 9.17) is 5.11 Å². The Hall–Kier alpha value is -1.89. The summed E-state index contributed by atoms with van der Waals surface area (Å²) in [5.74, 6) is -1.07. The van der Waals surface area contributed by atoms with Crippen molar-refractivity contribution < 1.29 is 14.7 Å². The second kappa shape index (κ2) is 6.89. The lowest BCUT2D eigenvalue weighted by Gasteiger charge is -2.16. The number of carbonyl (C=O) groups excluding carboxylic acids is 1. The molecular formula is C12H20N4O3. The average molecular weight is 268 g/mol. The van der Waals surface area contributed by atoms with Crippen LogP contribution in [-0.4, -0.2) is 51.8 Å². The molecule has 2 N–H and O–H groups in total. The van der Waals surface area contributed by atoms with Gasteiger partial charge in [-0.05, 0) is 13.5 Å². The molecule has 19 heavy (non-hydrogen) atoms. The van der Waals surface area contributed by atoms with Gasteiger partial charge < -0.3 is 10.4 Å². The van der Waals surface area contributed by atoms with Crippen LogP contribution >= 0.6 is 0 Å². The molecule has 1 heterocycles. The highest BCUT2D eigenvalue weighted by atomic mass is 16.4. The van der Waals surface area contributed by atoms with Gasteiger partial charge in [0, 0.05) is 20.1 Å². The smallest absolute Gasteiger partial charge is 0.339 e. The summed E-state index contributed by atoms with van der Waals surface area (Å²) in [4.78, 5) is 24.3. The topological polar surface area (TPSA) is 87.5 Å². The Morgan fingerprint density at radius 3 is 2.79 bits per heavy atom. The Labute approximate surface area is 112 Å². The monoisotopic (exact) mass is 268 g/mol. The minimum absolute atomic E-state index is 0.0663. The molecule has 0 saturated heterocycles. The molecule has 1 aromatic rings. The van der Waals surface area contributed by atoms with Crippen molar-refractivity contribution >= 4 is 11.9 Å². The number of carboxylic acids is 1. The zero-order chi connectivity index (χ0) is 14.4. The molecule has 1 rings (SSSR count). The van der Waals surface area contributed by atoms with E-state index in [2.05, 4.69) is 10.4 Å². The van der Waals surface area contributed by atoms with Crippen molar-refractivity contribution in [2.24, 2.45) is 7.05 Å². The van der Waals surface area contributed by atoms with Crippen molar-refractivity contribution in [3.63, 3.8) is 0 Å². The fourth-order valence-corrected chi connectivity index (χ4v) is 1.71. The molecule has 0 aliphatic carbocycles. The number of nitrogens with one attached hydrogen (secondary N) is 1. The van der Waals surface area contributed by atoms with Crippen LogP contribution in [0.2, 0.25) is 0 Å². The second-order valence-corrected chi connectivity index (χ2v) is 4.46. The van der Waals surface area contributed by atoms with E-state index >= 15 is 0 Å². The number of hydrogen-bond donors (Lipinski definition) is 2. The van der Waals surface area contributed by atoms with Gasteiger partial charge in [0.25, 0.3) is 0 Å². The summed E-state index contributed by atoms with van der Waals surface area (Å²) in [6.45, 7) is 3.22. The Bertz CT molecular complexity index is 456. The molecule has 0 bridgehead atoms. The van der Waals surface area contributed by atoms with Gasteiger partial charge in [-0.1, -0.05) is 6.92 Å². The fourth-order valence-electron chi connectivity index (χ4n) is 1.71. The predicted octanol–water partition coefficient (Wildman–Crippen LogP) is 0.0763. The number of hydrogen-bond acceptors (Lipinski definition) is 4. The molecule has 0 aliphatic heterocycles. The molecule has 1 aromatic heterocycles. The van der Waals surface area contributed by atoms with Crippen molar-refractivity contribution in [2.45, 2.75) is 19.9 Å². The Morgan fingerprint density at radius 2 is 2.21 bits per heavy atom. The number of aromatic carboxylic acids is 1. The lowest BCUT2D eigenvalue weighted by atomic mass is 10.2. The Balaban J connectivity index is 2.61. The summed E-state index contributed by atoms with van der Waals surface area (Å²) in [6, 6.07) is 0. The highest BCUT2D eigenvalue weighted by Crippen LogP contribution is 2.09. The van der Waals surface area contributed by atoms with Crippen LogP contribution in [0.4, 0.5) is 0 Å². The summed E-state index contributed by atoms with van der Waals surface area (Å²) in [5.41, 5.74) is 0.751. The van der Waals surface area contributed by atoms with Gasteiger partial charge in [0.1, 0.15) is 5.56 Å². The molecule has 0 fully saturated rings. The van der Waals surface area contributed by atoms with Crippen LogP contribution in [0.25, 0.3) is 0 Å². The lowest BCUT2D eigenvalue weighted by molar-refractivity contribution is -0.122. The van der Waals surface area contributed by atoms with Crippen LogP contribution in [0, 0.1) is 0 Å². The SMILES string of the molecule is CCCNC(=O)CN(C)Cc1c(C(=O)O)cnn1C. The first-order valence-corrected chi connectivity index (χ1v) is 6.15. The van der Waals surface area contributed by atoms with Gasteiger partial charge in [-0.15, -0.1) is 0 Å². The molecule has 0 aromatic carbocycles. The summed E-state index contributed by atoms with van der Waals surface area (Å²) in [6.07, 6.45) is 2.21. The molecule has 0 unspecified atom stereocenters. The second-order valence-electron chi connectivity index (χ2n) is 4.46. The molecule has 7 nitrogen and oxygen atoms in total. The number of aromatic nitrogens is 2. The van der Waals surface area contributed by atoms with E-state index in [1.165, 1.54) is 10.9 Å². The van der Waals surface area contributed by atoms with Crippen LogP contribution in [0.3, 0.4) is 0 Å². The van der Waals surface area contributed by atoms with E-state index < -0.39 is 5.97 Å². The summed E-state index contributed by atoms with van der Waals surface area (Å²) < 4.78 is 1.52. The summed E-state index contributed by atoms with van der Waals surface area (Å²) >= 11 is 0. The van der Waals surface area contributed by atoms with E-state index in [0.717, 1.165) is 6.42 Å². The van der Waals surface area contributed by atoms with Crippen LogP contribution in [0.15, 0.2) is 6.20 Å². The van der Waals surface area contributed by atoms with E-state index in [9.17, 15) is 9.59 Å². The van der Waals surface area contributed by atoms with Crippen LogP contribution in [0.1, 0.15) is 29.4 Å². The van der Waals surface area contributed by atoms with Crippen LogP contribution in [-0.2, 0) is 18.4 Å². The van der Waals surface area contributed by atoms with Gasteiger partial charge >= 0.3 is 5.97 Å². The summed E-state index contributed by atoms with van der Waals surface area (Å²) in [7, 11) is 3.46. The van der Waals surface area contributed by atoms with Gasteiger partial charge in [-0.25, -0.2) is 4.79 Å². The number of carbonyl (C=O) groups is 2. The van der Waals surface area contributed by atoms with Crippen LogP contribution < -0.4 is 5.32 Å².